The zero-order valence-corrected chi connectivity index (χ0v) is 12.3. The molecule has 1 aromatic rings. The molecule has 1 fully saturated rings. The molecule has 1 saturated heterocycles. The number of aryl methyl sites for hydroxylation is 1. The predicted octanol–water partition coefficient (Wildman–Crippen LogP) is -0.813. The molecule has 2 N–H and O–H groups in total. The van der Waals surface area contributed by atoms with Gasteiger partial charge in [-0.05, 0) is 6.92 Å². The molecular formula is C14H20N4O3. The first-order chi connectivity index (χ1) is 10.0. The van der Waals surface area contributed by atoms with Crippen LogP contribution in [0.4, 0.5) is 0 Å². The van der Waals surface area contributed by atoms with Crippen LogP contribution in [0.3, 0.4) is 0 Å². The van der Waals surface area contributed by atoms with E-state index in [1.807, 2.05) is 4.90 Å². The molecule has 7 nitrogen and oxygen atoms in total. The summed E-state index contributed by atoms with van der Waals surface area (Å²) in [5, 5.41) is 2.58. The van der Waals surface area contributed by atoms with Crippen LogP contribution in [0.2, 0.25) is 0 Å². The maximum absolute atomic E-state index is 12.3. The van der Waals surface area contributed by atoms with Crippen LogP contribution >= 0.6 is 0 Å². The quantitative estimate of drug-likeness (QED) is 0.763. The predicted molar refractivity (Wildman–Crippen MR) is 78.2 cm³/mol. The Morgan fingerprint density at radius 3 is 2.52 bits per heavy atom. The van der Waals surface area contributed by atoms with E-state index in [1.165, 1.54) is 12.3 Å². The summed E-state index contributed by atoms with van der Waals surface area (Å²) in [7, 11) is 1.60. The van der Waals surface area contributed by atoms with Crippen molar-refractivity contribution in [3.63, 3.8) is 0 Å². The van der Waals surface area contributed by atoms with Crippen LogP contribution in [0.5, 0.6) is 0 Å². The number of carbonyl (C=O) groups is 2. The fourth-order valence-corrected chi connectivity index (χ4v) is 2.30. The molecule has 0 aliphatic carbocycles. The third-order valence-electron chi connectivity index (χ3n) is 3.59. The molecule has 21 heavy (non-hydrogen) atoms. The molecule has 0 aromatic carbocycles. The van der Waals surface area contributed by atoms with Gasteiger partial charge in [0.15, 0.2) is 5.43 Å². The minimum absolute atomic E-state index is 0.0373. The van der Waals surface area contributed by atoms with Gasteiger partial charge in [-0.1, -0.05) is 0 Å². The SMILES string of the molecule is CNC(=O)CN1CCN(C(=O)c2c[nH]c(C)cc2=O)CC1. The van der Waals surface area contributed by atoms with Crippen molar-refractivity contribution < 1.29 is 9.59 Å². The van der Waals surface area contributed by atoms with E-state index in [0.717, 1.165) is 5.69 Å². The average Bonchev–Trinajstić information content (AvgIpc) is 2.47. The second-order valence-electron chi connectivity index (χ2n) is 5.14. The summed E-state index contributed by atoms with van der Waals surface area (Å²) in [5.74, 6) is -0.291. The molecule has 0 unspecified atom stereocenters. The number of amides is 2. The first-order valence-electron chi connectivity index (χ1n) is 6.93. The van der Waals surface area contributed by atoms with Crippen molar-refractivity contribution in [3.05, 3.63) is 33.7 Å². The molecule has 2 heterocycles. The number of pyridine rings is 1. The van der Waals surface area contributed by atoms with Gasteiger partial charge in [0.05, 0.1) is 6.54 Å². The number of rotatable bonds is 3. The van der Waals surface area contributed by atoms with Crippen LogP contribution in [0.15, 0.2) is 17.1 Å². The van der Waals surface area contributed by atoms with E-state index in [1.54, 1.807) is 18.9 Å². The molecule has 2 rings (SSSR count). The number of nitrogens with one attached hydrogen (secondary N) is 2. The fourth-order valence-electron chi connectivity index (χ4n) is 2.30. The lowest BCUT2D eigenvalue weighted by Gasteiger charge is -2.34. The van der Waals surface area contributed by atoms with Gasteiger partial charge in [0.1, 0.15) is 5.56 Å². The Balaban J connectivity index is 1.97. The highest BCUT2D eigenvalue weighted by molar-refractivity contribution is 5.93. The number of hydrogen-bond donors (Lipinski definition) is 2. The van der Waals surface area contributed by atoms with Crippen molar-refractivity contribution in [3.8, 4) is 0 Å². The van der Waals surface area contributed by atoms with Gasteiger partial charge < -0.3 is 15.2 Å². The molecule has 0 saturated carbocycles. The lowest BCUT2D eigenvalue weighted by Crippen LogP contribution is -2.51. The first kappa shape index (κ1) is 15.2. The number of H-pyrrole nitrogens is 1. The molecule has 0 spiro atoms. The van der Waals surface area contributed by atoms with E-state index < -0.39 is 0 Å². The second kappa shape index (κ2) is 6.53. The number of aromatic nitrogens is 1. The molecule has 1 aliphatic rings. The van der Waals surface area contributed by atoms with Crippen LogP contribution in [-0.4, -0.2) is 66.4 Å². The van der Waals surface area contributed by atoms with E-state index >= 15 is 0 Å². The van der Waals surface area contributed by atoms with Crippen molar-refractivity contribution in [2.24, 2.45) is 0 Å². The topological polar surface area (TPSA) is 85.5 Å². The monoisotopic (exact) mass is 292 g/mol. The van der Waals surface area contributed by atoms with Crippen LogP contribution in [0, 0.1) is 6.92 Å². The molecule has 7 heteroatoms. The molecule has 0 radical (unpaired) electrons. The summed E-state index contributed by atoms with van der Waals surface area (Å²) in [6.45, 7) is 4.40. The molecule has 0 atom stereocenters. The fraction of sp³-hybridized carbons (Fsp3) is 0.500. The highest BCUT2D eigenvalue weighted by Gasteiger charge is 2.24. The molecule has 114 valence electrons. The number of hydrogen-bond acceptors (Lipinski definition) is 4. The average molecular weight is 292 g/mol. The van der Waals surface area contributed by atoms with Gasteiger partial charge in [0, 0.05) is 51.2 Å². The highest BCUT2D eigenvalue weighted by atomic mass is 16.2. The number of aromatic amines is 1. The zero-order valence-electron chi connectivity index (χ0n) is 12.3. The minimum Gasteiger partial charge on any atom is -0.364 e. The Morgan fingerprint density at radius 2 is 1.95 bits per heavy atom. The lowest BCUT2D eigenvalue weighted by molar-refractivity contribution is -0.122. The standard InChI is InChI=1S/C14H20N4O3/c1-10-7-12(19)11(8-16-10)14(21)18-5-3-17(4-6-18)9-13(20)15-2/h7-8H,3-6,9H2,1-2H3,(H,15,20)(H,16,19). The van der Waals surface area contributed by atoms with Crippen molar-refractivity contribution in [1.82, 2.24) is 20.1 Å². The van der Waals surface area contributed by atoms with Gasteiger partial charge >= 0.3 is 0 Å². The van der Waals surface area contributed by atoms with Crippen molar-refractivity contribution >= 4 is 11.8 Å². The van der Waals surface area contributed by atoms with Crippen molar-refractivity contribution in [2.75, 3.05) is 39.8 Å². The summed E-state index contributed by atoms with van der Waals surface area (Å²) < 4.78 is 0. The molecule has 1 aromatic heterocycles. The van der Waals surface area contributed by atoms with E-state index in [2.05, 4.69) is 10.3 Å². The smallest absolute Gasteiger partial charge is 0.259 e. The molecule has 0 bridgehead atoms. The number of likely N-dealkylation sites (N-methyl/N-ethyl adjacent to an activating group) is 1. The highest BCUT2D eigenvalue weighted by Crippen LogP contribution is 2.06. The Hall–Kier alpha value is -2.15. The van der Waals surface area contributed by atoms with Gasteiger partial charge in [-0.3, -0.25) is 19.3 Å². The van der Waals surface area contributed by atoms with Crippen LogP contribution in [-0.2, 0) is 4.79 Å². The normalized spacial score (nSPS) is 15.8. The molecular weight excluding hydrogens is 272 g/mol. The van der Waals surface area contributed by atoms with Crippen LogP contribution in [0.1, 0.15) is 16.1 Å². The van der Waals surface area contributed by atoms with Crippen LogP contribution < -0.4 is 10.7 Å². The number of piperazine rings is 1. The van der Waals surface area contributed by atoms with Gasteiger partial charge in [0.2, 0.25) is 5.91 Å². The van der Waals surface area contributed by atoms with Crippen molar-refractivity contribution in [2.45, 2.75) is 6.92 Å². The summed E-state index contributed by atoms with van der Waals surface area (Å²) in [5.41, 5.74) is 0.635. The van der Waals surface area contributed by atoms with E-state index in [4.69, 9.17) is 0 Å². The van der Waals surface area contributed by atoms with E-state index in [9.17, 15) is 14.4 Å². The van der Waals surface area contributed by atoms with Gasteiger partial charge in [-0.25, -0.2) is 0 Å². The summed E-state index contributed by atoms with van der Waals surface area (Å²) in [6, 6.07) is 1.43. The minimum atomic E-state index is -0.260. The van der Waals surface area contributed by atoms with E-state index in [0.29, 0.717) is 32.7 Å². The summed E-state index contributed by atoms with van der Waals surface area (Å²) >= 11 is 0. The Bertz CT molecular complexity index is 588. The zero-order chi connectivity index (χ0) is 15.4. The Labute approximate surface area is 122 Å². The van der Waals surface area contributed by atoms with E-state index in [-0.39, 0.29) is 22.8 Å². The number of carbonyl (C=O) groups excluding carboxylic acids is 2. The van der Waals surface area contributed by atoms with Crippen molar-refractivity contribution in [1.29, 1.82) is 0 Å². The summed E-state index contributed by atoms with van der Waals surface area (Å²) in [4.78, 5) is 42.0. The Kier molecular flexibility index (Phi) is 4.74. The third kappa shape index (κ3) is 3.69. The largest absolute Gasteiger partial charge is 0.364 e. The molecule has 1 aliphatic heterocycles. The maximum atomic E-state index is 12.3. The Morgan fingerprint density at radius 1 is 1.29 bits per heavy atom. The number of nitrogens with zero attached hydrogens (tertiary/aromatic N) is 2. The molecule has 2 amide bonds. The maximum Gasteiger partial charge on any atom is 0.259 e. The lowest BCUT2D eigenvalue weighted by atomic mass is 10.2. The van der Waals surface area contributed by atoms with Gasteiger partial charge in [-0.15, -0.1) is 0 Å². The van der Waals surface area contributed by atoms with Gasteiger partial charge in [0.25, 0.3) is 5.91 Å². The first-order valence-corrected chi connectivity index (χ1v) is 6.93. The third-order valence-corrected chi connectivity index (χ3v) is 3.59. The van der Waals surface area contributed by atoms with Crippen LogP contribution in [0.25, 0.3) is 0 Å². The second-order valence-corrected chi connectivity index (χ2v) is 5.14. The van der Waals surface area contributed by atoms with Gasteiger partial charge in [-0.2, -0.15) is 0 Å². The summed E-state index contributed by atoms with van der Waals surface area (Å²) in [6.07, 6.45) is 1.47.